The molecule has 1 N–H and O–H groups in total. The van der Waals surface area contributed by atoms with Crippen LogP contribution in [0.15, 0.2) is 54.6 Å². The van der Waals surface area contributed by atoms with Crippen molar-refractivity contribution in [3.63, 3.8) is 0 Å². The van der Waals surface area contributed by atoms with Crippen molar-refractivity contribution in [2.24, 2.45) is 0 Å². The quantitative estimate of drug-likeness (QED) is 0.593. The molecule has 0 aliphatic carbocycles. The molecule has 1 heterocycles. The van der Waals surface area contributed by atoms with E-state index in [0.717, 1.165) is 11.8 Å². The van der Waals surface area contributed by atoms with Gasteiger partial charge in [-0.2, -0.15) is 18.3 Å². The molecular formula is C22H20F3N3O3. The number of esters is 1. The number of alkyl halides is 3. The van der Waals surface area contributed by atoms with Gasteiger partial charge in [-0.3, -0.25) is 9.59 Å². The maximum absolute atomic E-state index is 13.0. The number of rotatable bonds is 6. The number of carbonyl (C=O) groups is 2. The van der Waals surface area contributed by atoms with Gasteiger partial charge in [-0.05, 0) is 37.6 Å². The number of halogens is 3. The van der Waals surface area contributed by atoms with Crippen molar-refractivity contribution in [3.05, 3.63) is 77.1 Å². The molecule has 0 atom stereocenters. The summed E-state index contributed by atoms with van der Waals surface area (Å²) >= 11 is 0. The van der Waals surface area contributed by atoms with E-state index >= 15 is 0 Å². The molecule has 3 aromatic rings. The van der Waals surface area contributed by atoms with Crippen LogP contribution in [0.4, 0.5) is 18.9 Å². The molecule has 1 amide bonds. The Balaban J connectivity index is 1.62. The number of carbonyl (C=O) groups excluding carboxylic acids is 2. The molecule has 0 unspecified atom stereocenters. The zero-order chi connectivity index (χ0) is 22.6. The number of aromatic nitrogens is 2. The zero-order valence-corrected chi connectivity index (χ0v) is 16.9. The number of benzene rings is 2. The predicted octanol–water partition coefficient (Wildman–Crippen LogP) is 4.23. The first-order valence-electron chi connectivity index (χ1n) is 9.39. The van der Waals surface area contributed by atoms with Crippen LogP contribution < -0.4 is 5.32 Å². The first-order valence-corrected chi connectivity index (χ1v) is 9.39. The molecule has 2 aromatic carbocycles. The van der Waals surface area contributed by atoms with Crippen LogP contribution >= 0.6 is 0 Å². The molecule has 0 aliphatic rings. The lowest BCUT2D eigenvalue weighted by molar-refractivity contribution is -0.147. The van der Waals surface area contributed by atoms with Gasteiger partial charge in [0.2, 0.25) is 0 Å². The Morgan fingerprint density at radius 1 is 1.03 bits per heavy atom. The lowest BCUT2D eigenvalue weighted by Crippen LogP contribution is -2.23. The van der Waals surface area contributed by atoms with Crippen LogP contribution in [0.2, 0.25) is 0 Å². The van der Waals surface area contributed by atoms with Crippen LogP contribution in [0, 0.1) is 13.8 Å². The van der Waals surface area contributed by atoms with Crippen LogP contribution in [-0.4, -0.2) is 28.3 Å². The zero-order valence-electron chi connectivity index (χ0n) is 16.9. The van der Waals surface area contributed by atoms with Gasteiger partial charge in [-0.1, -0.05) is 36.4 Å². The molecule has 3 rings (SSSR count). The van der Waals surface area contributed by atoms with E-state index in [1.54, 1.807) is 18.5 Å². The summed E-state index contributed by atoms with van der Waals surface area (Å²) in [7, 11) is 0. The van der Waals surface area contributed by atoms with Crippen LogP contribution in [0.1, 0.15) is 22.5 Å². The highest BCUT2D eigenvalue weighted by atomic mass is 19.4. The Hall–Kier alpha value is -3.62. The van der Waals surface area contributed by atoms with Gasteiger partial charge in [0.05, 0.1) is 34.7 Å². The van der Waals surface area contributed by atoms with Gasteiger partial charge in [-0.25, -0.2) is 4.68 Å². The van der Waals surface area contributed by atoms with Crippen LogP contribution in [0.5, 0.6) is 0 Å². The van der Waals surface area contributed by atoms with E-state index < -0.39 is 36.6 Å². The van der Waals surface area contributed by atoms with E-state index in [4.69, 9.17) is 4.74 Å². The molecule has 0 radical (unpaired) electrons. The van der Waals surface area contributed by atoms with E-state index in [1.807, 2.05) is 30.3 Å². The molecule has 0 saturated heterocycles. The third kappa shape index (κ3) is 5.30. The number of hydrogen-bond donors (Lipinski definition) is 1. The molecule has 1 aromatic heterocycles. The van der Waals surface area contributed by atoms with Crippen LogP contribution in [0.3, 0.4) is 0 Å². The molecule has 162 valence electrons. The van der Waals surface area contributed by atoms with Gasteiger partial charge in [0, 0.05) is 0 Å². The Morgan fingerprint density at radius 2 is 1.68 bits per heavy atom. The summed E-state index contributed by atoms with van der Waals surface area (Å²) in [5.74, 6) is -1.54. The molecule has 9 heteroatoms. The number of aryl methyl sites for hydroxylation is 1. The number of nitrogens with one attached hydrogen (secondary N) is 1. The van der Waals surface area contributed by atoms with Gasteiger partial charge < -0.3 is 10.1 Å². The summed E-state index contributed by atoms with van der Waals surface area (Å²) < 4.78 is 45.6. The second kappa shape index (κ2) is 9.03. The normalized spacial score (nSPS) is 11.3. The van der Waals surface area contributed by atoms with Crippen LogP contribution in [0.25, 0.3) is 5.69 Å². The monoisotopic (exact) mass is 431 g/mol. The summed E-state index contributed by atoms with van der Waals surface area (Å²) in [6, 6.07) is 14.1. The third-order valence-electron chi connectivity index (χ3n) is 4.58. The SMILES string of the molecule is Cc1nn(-c2ccccc2)c(C)c1NC(=O)COC(=O)Cc1ccccc1C(F)(F)F. The Kier molecular flexibility index (Phi) is 6.43. The largest absolute Gasteiger partial charge is 0.455 e. The van der Waals surface area contributed by atoms with Gasteiger partial charge in [0.25, 0.3) is 5.91 Å². The molecule has 0 aliphatic heterocycles. The van der Waals surface area contributed by atoms with Crippen molar-refractivity contribution in [3.8, 4) is 5.69 Å². The first kappa shape index (κ1) is 22.1. The highest BCUT2D eigenvalue weighted by Crippen LogP contribution is 2.32. The second-order valence-electron chi connectivity index (χ2n) is 6.83. The smallest absolute Gasteiger partial charge is 0.416 e. The number of amides is 1. The maximum atomic E-state index is 13.0. The highest BCUT2D eigenvalue weighted by Gasteiger charge is 2.33. The molecule has 0 spiro atoms. The van der Waals surface area contributed by atoms with Crippen LogP contribution in [-0.2, 0) is 26.9 Å². The predicted molar refractivity (Wildman–Crippen MR) is 108 cm³/mol. The molecule has 6 nitrogen and oxygen atoms in total. The molecule has 0 saturated carbocycles. The minimum Gasteiger partial charge on any atom is -0.455 e. The number of ether oxygens (including phenoxy) is 1. The van der Waals surface area contributed by atoms with E-state index in [0.29, 0.717) is 17.1 Å². The summed E-state index contributed by atoms with van der Waals surface area (Å²) in [6.45, 7) is 2.88. The van der Waals surface area contributed by atoms with Crippen molar-refractivity contribution in [2.45, 2.75) is 26.4 Å². The minimum absolute atomic E-state index is 0.212. The van der Waals surface area contributed by atoms with Crippen molar-refractivity contribution in [1.29, 1.82) is 0 Å². The van der Waals surface area contributed by atoms with E-state index in [1.165, 1.54) is 18.2 Å². The lowest BCUT2D eigenvalue weighted by Gasteiger charge is -2.12. The fourth-order valence-electron chi connectivity index (χ4n) is 3.12. The van der Waals surface area contributed by atoms with E-state index in [-0.39, 0.29) is 5.56 Å². The fourth-order valence-corrected chi connectivity index (χ4v) is 3.12. The second-order valence-corrected chi connectivity index (χ2v) is 6.83. The molecule has 31 heavy (non-hydrogen) atoms. The summed E-state index contributed by atoms with van der Waals surface area (Å²) in [5.41, 5.74) is 1.43. The van der Waals surface area contributed by atoms with Gasteiger partial charge in [0.1, 0.15) is 0 Å². The average molecular weight is 431 g/mol. The lowest BCUT2D eigenvalue weighted by atomic mass is 10.0. The standard InChI is InChI=1S/C22H20F3N3O3/c1-14-21(15(2)28(27-14)17-9-4-3-5-10-17)26-19(29)13-31-20(30)12-16-8-6-7-11-18(16)22(23,24)25/h3-11H,12-13H2,1-2H3,(H,26,29). The average Bonchev–Trinajstić information content (AvgIpc) is 3.01. The number of anilines is 1. The van der Waals surface area contributed by atoms with Crippen molar-refractivity contribution in [1.82, 2.24) is 9.78 Å². The topological polar surface area (TPSA) is 73.2 Å². The highest BCUT2D eigenvalue weighted by molar-refractivity contribution is 5.94. The summed E-state index contributed by atoms with van der Waals surface area (Å²) in [6.07, 6.45) is -5.17. The number of hydrogen-bond acceptors (Lipinski definition) is 4. The Morgan fingerprint density at radius 3 is 2.35 bits per heavy atom. The Bertz CT molecular complexity index is 1090. The van der Waals surface area contributed by atoms with Gasteiger partial charge in [0.15, 0.2) is 6.61 Å². The van der Waals surface area contributed by atoms with Crippen molar-refractivity contribution < 1.29 is 27.5 Å². The van der Waals surface area contributed by atoms with Crippen molar-refractivity contribution in [2.75, 3.05) is 11.9 Å². The summed E-state index contributed by atoms with van der Waals surface area (Å²) in [5, 5.41) is 7.05. The first-order chi connectivity index (χ1) is 14.7. The number of para-hydroxylation sites is 1. The van der Waals surface area contributed by atoms with E-state index in [9.17, 15) is 22.8 Å². The van der Waals surface area contributed by atoms with Crippen molar-refractivity contribution >= 4 is 17.6 Å². The third-order valence-corrected chi connectivity index (χ3v) is 4.58. The van der Waals surface area contributed by atoms with Gasteiger partial charge >= 0.3 is 12.1 Å². The molecule has 0 fully saturated rings. The van der Waals surface area contributed by atoms with Gasteiger partial charge in [-0.15, -0.1) is 0 Å². The minimum atomic E-state index is -4.58. The molecular weight excluding hydrogens is 411 g/mol. The number of nitrogens with zero attached hydrogens (tertiary/aromatic N) is 2. The summed E-state index contributed by atoms with van der Waals surface area (Å²) in [4.78, 5) is 24.2. The maximum Gasteiger partial charge on any atom is 0.416 e. The Labute approximate surface area is 176 Å². The fraction of sp³-hybridized carbons (Fsp3) is 0.227. The van der Waals surface area contributed by atoms with E-state index in [2.05, 4.69) is 10.4 Å². The molecule has 0 bridgehead atoms.